The maximum atomic E-state index is 13.7. The number of hydrogen-bond acceptors (Lipinski definition) is 9. The predicted octanol–water partition coefficient (Wildman–Crippen LogP) is 4.14. The molecule has 1 aromatic heterocycles. The summed E-state index contributed by atoms with van der Waals surface area (Å²) in [4.78, 5) is 35.6. The number of nitrogens with one attached hydrogen (secondary N) is 2. The number of non-ortho nitro benzene ring substituents is 1. The van der Waals surface area contributed by atoms with E-state index in [1.807, 2.05) is 0 Å². The first-order valence-electron chi connectivity index (χ1n) is 12.0. The zero-order chi connectivity index (χ0) is 28.8. The summed E-state index contributed by atoms with van der Waals surface area (Å²) in [5, 5.41) is 24.1. The van der Waals surface area contributed by atoms with Crippen LogP contribution in [0.4, 0.5) is 11.4 Å². The standard InChI is InChI=1S/C26H24N4O8S2/c1-26(2)23(25(32)28-33)29(10-11-39-26)40(36,37)18-7-9-21-20(14-18)19-8-6-16(13-22(19)38-21)27-24(31)15-4-3-5-17(12-15)30(34)35/h3-9,12-14,23,33H,10-11H2,1-2H3,(H,27,31)(H,28,32). The molecule has 2 amide bonds. The molecule has 2 heterocycles. The quantitative estimate of drug-likeness (QED) is 0.171. The van der Waals surface area contributed by atoms with Gasteiger partial charge in [-0.25, -0.2) is 13.9 Å². The van der Waals surface area contributed by atoms with Gasteiger partial charge < -0.3 is 9.73 Å². The molecule has 1 fully saturated rings. The molecule has 3 aromatic carbocycles. The number of furan rings is 1. The van der Waals surface area contributed by atoms with Gasteiger partial charge in [-0.15, -0.1) is 0 Å². The van der Waals surface area contributed by atoms with Crippen LogP contribution >= 0.6 is 11.8 Å². The molecule has 1 aliphatic heterocycles. The average molecular weight is 585 g/mol. The molecule has 0 spiro atoms. The fourth-order valence-electron chi connectivity index (χ4n) is 4.81. The normalized spacial score (nSPS) is 17.5. The van der Waals surface area contributed by atoms with Crippen LogP contribution in [-0.2, 0) is 14.8 Å². The number of hydroxylamine groups is 1. The minimum absolute atomic E-state index is 0.0378. The van der Waals surface area contributed by atoms with Gasteiger partial charge in [0, 0.05) is 57.3 Å². The van der Waals surface area contributed by atoms with Crippen molar-refractivity contribution in [2.24, 2.45) is 0 Å². The second-order valence-electron chi connectivity index (χ2n) is 9.68. The highest BCUT2D eigenvalue weighted by atomic mass is 32.2. The molecule has 0 aliphatic carbocycles. The van der Waals surface area contributed by atoms with Gasteiger partial charge in [-0.05, 0) is 50.2 Å². The Morgan fingerprint density at radius 1 is 1.10 bits per heavy atom. The lowest BCUT2D eigenvalue weighted by Gasteiger charge is -2.43. The zero-order valence-electron chi connectivity index (χ0n) is 21.3. The minimum Gasteiger partial charge on any atom is -0.456 e. The first kappa shape index (κ1) is 27.6. The van der Waals surface area contributed by atoms with Crippen molar-refractivity contribution in [2.75, 3.05) is 17.6 Å². The molecule has 1 unspecified atom stereocenters. The van der Waals surface area contributed by atoms with Crippen molar-refractivity contribution in [2.45, 2.75) is 29.5 Å². The summed E-state index contributed by atoms with van der Waals surface area (Å²) in [6.07, 6.45) is 0. The van der Waals surface area contributed by atoms with E-state index in [9.17, 15) is 33.3 Å². The molecule has 12 nitrogen and oxygen atoms in total. The van der Waals surface area contributed by atoms with Crippen LogP contribution in [-0.4, -0.2) is 57.8 Å². The number of thioether (sulfide) groups is 1. The van der Waals surface area contributed by atoms with Crippen molar-refractivity contribution in [3.05, 3.63) is 76.3 Å². The van der Waals surface area contributed by atoms with Crippen LogP contribution in [0.5, 0.6) is 0 Å². The van der Waals surface area contributed by atoms with Crippen LogP contribution in [0, 0.1) is 10.1 Å². The van der Waals surface area contributed by atoms with Gasteiger partial charge in [-0.3, -0.25) is 24.9 Å². The topological polar surface area (TPSA) is 172 Å². The Hall–Kier alpha value is -3.98. The largest absolute Gasteiger partial charge is 0.456 e. The average Bonchev–Trinajstić information content (AvgIpc) is 3.29. The number of sulfonamides is 1. The van der Waals surface area contributed by atoms with Crippen molar-refractivity contribution in [1.29, 1.82) is 0 Å². The number of nitro benzene ring substituents is 1. The highest BCUT2D eigenvalue weighted by Crippen LogP contribution is 2.39. The van der Waals surface area contributed by atoms with Gasteiger partial charge in [0.15, 0.2) is 0 Å². The van der Waals surface area contributed by atoms with Gasteiger partial charge in [-0.2, -0.15) is 16.1 Å². The molecule has 0 radical (unpaired) electrons. The molecule has 1 aliphatic rings. The lowest BCUT2D eigenvalue weighted by Crippen LogP contribution is -2.61. The van der Waals surface area contributed by atoms with Crippen molar-refractivity contribution in [1.82, 2.24) is 9.79 Å². The molecule has 14 heteroatoms. The maximum absolute atomic E-state index is 13.7. The van der Waals surface area contributed by atoms with E-state index in [1.165, 1.54) is 54.2 Å². The van der Waals surface area contributed by atoms with Crippen molar-refractivity contribution >= 4 is 66.9 Å². The number of rotatable bonds is 6. The Morgan fingerprint density at radius 2 is 1.88 bits per heavy atom. The minimum atomic E-state index is -4.14. The second-order valence-corrected chi connectivity index (χ2v) is 13.3. The van der Waals surface area contributed by atoms with Crippen LogP contribution in [0.1, 0.15) is 24.2 Å². The van der Waals surface area contributed by atoms with Gasteiger partial charge in [-0.1, -0.05) is 6.07 Å². The Balaban J connectivity index is 1.47. The van der Waals surface area contributed by atoms with Gasteiger partial charge in [0.05, 0.1) is 9.82 Å². The fraction of sp³-hybridized carbons (Fsp3) is 0.231. The number of carbonyl (C=O) groups excluding carboxylic acids is 2. The Kier molecular flexibility index (Phi) is 7.04. The number of anilines is 1. The van der Waals surface area contributed by atoms with E-state index >= 15 is 0 Å². The maximum Gasteiger partial charge on any atom is 0.270 e. The van der Waals surface area contributed by atoms with E-state index in [0.29, 0.717) is 33.4 Å². The Labute approximate surface area is 232 Å². The summed E-state index contributed by atoms with van der Waals surface area (Å²) < 4.78 is 33.7. The molecule has 208 valence electrons. The van der Waals surface area contributed by atoms with Gasteiger partial charge >= 0.3 is 0 Å². The van der Waals surface area contributed by atoms with Crippen LogP contribution in [0.2, 0.25) is 0 Å². The summed E-state index contributed by atoms with van der Waals surface area (Å²) >= 11 is 1.45. The van der Waals surface area contributed by atoms with E-state index in [4.69, 9.17) is 4.42 Å². The molecular formula is C26H24N4O8S2. The van der Waals surface area contributed by atoms with Gasteiger partial charge in [0.1, 0.15) is 17.2 Å². The van der Waals surface area contributed by atoms with Crippen molar-refractivity contribution in [3.8, 4) is 0 Å². The summed E-state index contributed by atoms with van der Waals surface area (Å²) in [6.45, 7) is 3.59. The lowest BCUT2D eigenvalue weighted by atomic mass is 10.0. The van der Waals surface area contributed by atoms with Crippen molar-refractivity contribution < 1.29 is 32.6 Å². The SMILES string of the molecule is CC1(C)SCCN(S(=O)(=O)c2ccc3oc4cc(NC(=O)c5cccc([N+](=O)[O-])c5)ccc4c3c2)C1C(=O)NO. The summed E-state index contributed by atoms with van der Waals surface area (Å²) in [5.74, 6) is -0.879. The second kappa shape index (κ2) is 10.2. The fourth-order valence-corrected chi connectivity index (χ4v) is 7.95. The van der Waals surface area contributed by atoms with E-state index in [1.54, 1.807) is 37.5 Å². The molecular weight excluding hydrogens is 560 g/mol. The summed E-state index contributed by atoms with van der Waals surface area (Å²) in [5.41, 5.74) is 2.67. The molecule has 0 bridgehead atoms. The monoisotopic (exact) mass is 584 g/mol. The smallest absolute Gasteiger partial charge is 0.270 e. The molecule has 0 saturated carbocycles. The molecule has 4 aromatic rings. The van der Waals surface area contributed by atoms with E-state index < -0.39 is 37.5 Å². The van der Waals surface area contributed by atoms with Crippen LogP contribution < -0.4 is 10.8 Å². The number of nitro groups is 1. The van der Waals surface area contributed by atoms with Crippen LogP contribution in [0.3, 0.4) is 0 Å². The van der Waals surface area contributed by atoms with E-state index in [2.05, 4.69) is 5.32 Å². The van der Waals surface area contributed by atoms with Crippen molar-refractivity contribution in [3.63, 3.8) is 0 Å². The lowest BCUT2D eigenvalue weighted by molar-refractivity contribution is -0.384. The highest BCUT2D eigenvalue weighted by molar-refractivity contribution is 8.01. The van der Waals surface area contributed by atoms with E-state index in [0.717, 1.165) is 4.31 Å². The first-order valence-corrected chi connectivity index (χ1v) is 14.5. The first-order chi connectivity index (χ1) is 18.9. The molecule has 5 rings (SSSR count). The molecule has 1 atom stereocenters. The summed E-state index contributed by atoms with van der Waals surface area (Å²) in [7, 11) is -4.14. The number of amides is 2. The third kappa shape index (κ3) is 4.90. The van der Waals surface area contributed by atoms with Crippen LogP contribution in [0.15, 0.2) is 70.0 Å². The highest BCUT2D eigenvalue weighted by Gasteiger charge is 2.48. The number of carbonyl (C=O) groups is 2. The molecule has 3 N–H and O–H groups in total. The third-order valence-corrected chi connectivity index (χ3v) is 9.93. The zero-order valence-corrected chi connectivity index (χ0v) is 22.9. The Morgan fingerprint density at radius 3 is 2.60 bits per heavy atom. The van der Waals surface area contributed by atoms with E-state index in [-0.39, 0.29) is 22.7 Å². The van der Waals surface area contributed by atoms with Gasteiger partial charge in [0.2, 0.25) is 10.0 Å². The summed E-state index contributed by atoms with van der Waals surface area (Å²) in [6, 6.07) is 13.5. The Bertz CT molecular complexity index is 1780. The van der Waals surface area contributed by atoms with Gasteiger partial charge in [0.25, 0.3) is 17.5 Å². The predicted molar refractivity (Wildman–Crippen MR) is 149 cm³/mol. The number of benzene rings is 3. The number of nitrogens with zero attached hydrogens (tertiary/aromatic N) is 2. The number of hydrogen-bond donors (Lipinski definition) is 3. The number of fused-ring (bicyclic) bond motifs is 3. The van der Waals surface area contributed by atoms with Crippen LogP contribution in [0.25, 0.3) is 21.9 Å². The third-order valence-electron chi connectivity index (χ3n) is 6.72. The molecule has 40 heavy (non-hydrogen) atoms. The molecule has 1 saturated heterocycles.